The highest BCUT2D eigenvalue weighted by atomic mass is 79.9. The zero-order chi connectivity index (χ0) is 22.1. The van der Waals surface area contributed by atoms with Crippen LogP contribution in [0.25, 0.3) is 0 Å². The number of pyridine rings is 1. The van der Waals surface area contributed by atoms with E-state index >= 15 is 0 Å². The van der Waals surface area contributed by atoms with E-state index in [9.17, 15) is 4.79 Å². The number of amides is 1. The molecule has 1 amide bonds. The Morgan fingerprint density at radius 2 is 2.13 bits per heavy atom. The SMILES string of the molecule is CC(C)C(=O)Nc1ccc(N2C(=S)N[C@H](c3ccccn3)[C@@H]2c2cc(Br)cs2)cc1Cl. The van der Waals surface area contributed by atoms with E-state index in [-0.39, 0.29) is 23.9 Å². The Balaban J connectivity index is 1.73. The van der Waals surface area contributed by atoms with Crippen LogP contribution in [0.5, 0.6) is 0 Å². The van der Waals surface area contributed by atoms with E-state index in [0.717, 1.165) is 20.7 Å². The maximum Gasteiger partial charge on any atom is 0.226 e. The third kappa shape index (κ3) is 4.62. The lowest BCUT2D eigenvalue weighted by Crippen LogP contribution is -2.29. The average molecular weight is 536 g/mol. The van der Waals surface area contributed by atoms with Crippen LogP contribution in [-0.4, -0.2) is 16.0 Å². The van der Waals surface area contributed by atoms with Gasteiger partial charge in [0.15, 0.2) is 5.11 Å². The van der Waals surface area contributed by atoms with Gasteiger partial charge in [-0.1, -0.05) is 31.5 Å². The fraction of sp³-hybridized carbons (Fsp3) is 0.227. The number of hydrogen-bond acceptors (Lipinski definition) is 4. The second-order valence-electron chi connectivity index (χ2n) is 7.47. The van der Waals surface area contributed by atoms with E-state index in [2.05, 4.69) is 47.9 Å². The lowest BCUT2D eigenvalue weighted by molar-refractivity contribution is -0.118. The van der Waals surface area contributed by atoms with Crippen molar-refractivity contribution in [3.05, 3.63) is 74.1 Å². The number of thiophene rings is 1. The number of carbonyl (C=O) groups excluding carboxylic acids is 1. The van der Waals surface area contributed by atoms with Crippen molar-refractivity contribution in [3.8, 4) is 0 Å². The first-order chi connectivity index (χ1) is 14.8. The van der Waals surface area contributed by atoms with Gasteiger partial charge in [-0.25, -0.2) is 0 Å². The third-order valence-electron chi connectivity index (χ3n) is 4.99. The van der Waals surface area contributed by atoms with Gasteiger partial charge < -0.3 is 15.5 Å². The Morgan fingerprint density at radius 3 is 2.74 bits per heavy atom. The molecule has 1 aliphatic heterocycles. The zero-order valence-corrected chi connectivity index (χ0v) is 20.8. The maximum absolute atomic E-state index is 12.1. The number of rotatable bonds is 5. The highest BCUT2D eigenvalue weighted by Crippen LogP contribution is 2.45. The Kier molecular flexibility index (Phi) is 6.62. The molecule has 2 atom stereocenters. The first kappa shape index (κ1) is 22.2. The third-order valence-corrected chi connectivity index (χ3v) is 7.38. The number of nitrogens with one attached hydrogen (secondary N) is 2. The van der Waals surface area contributed by atoms with Crippen LogP contribution in [0, 0.1) is 5.92 Å². The molecule has 1 aromatic carbocycles. The van der Waals surface area contributed by atoms with Gasteiger partial charge in [0.05, 0.1) is 28.5 Å². The molecule has 1 saturated heterocycles. The number of carbonyl (C=O) groups is 1. The molecular formula is C22H20BrClN4OS2. The monoisotopic (exact) mass is 534 g/mol. The normalized spacial score (nSPS) is 18.4. The molecule has 1 aliphatic rings. The largest absolute Gasteiger partial charge is 0.351 e. The number of hydrogen-bond donors (Lipinski definition) is 2. The van der Waals surface area contributed by atoms with Gasteiger partial charge in [-0.05, 0) is 64.5 Å². The summed E-state index contributed by atoms with van der Waals surface area (Å²) < 4.78 is 1.02. The number of halogens is 2. The fourth-order valence-corrected chi connectivity index (χ4v) is 5.58. The van der Waals surface area contributed by atoms with E-state index in [1.54, 1.807) is 17.5 Å². The lowest BCUT2D eigenvalue weighted by atomic mass is 10.0. The van der Waals surface area contributed by atoms with Crippen molar-refractivity contribution >= 4 is 73.5 Å². The Hall–Kier alpha value is -2.00. The summed E-state index contributed by atoms with van der Waals surface area (Å²) in [7, 11) is 0. The highest BCUT2D eigenvalue weighted by Gasteiger charge is 2.41. The van der Waals surface area contributed by atoms with Crippen LogP contribution < -0.4 is 15.5 Å². The van der Waals surface area contributed by atoms with Crippen molar-refractivity contribution in [1.29, 1.82) is 0 Å². The summed E-state index contributed by atoms with van der Waals surface area (Å²) >= 11 is 17.5. The molecule has 4 rings (SSSR count). The van der Waals surface area contributed by atoms with Gasteiger partial charge in [0, 0.05) is 32.5 Å². The van der Waals surface area contributed by atoms with Gasteiger partial charge in [0.2, 0.25) is 5.91 Å². The van der Waals surface area contributed by atoms with E-state index in [1.807, 2.05) is 50.2 Å². The van der Waals surface area contributed by atoms with E-state index in [4.69, 9.17) is 23.8 Å². The van der Waals surface area contributed by atoms with Crippen molar-refractivity contribution in [2.75, 3.05) is 10.2 Å². The summed E-state index contributed by atoms with van der Waals surface area (Å²) in [6, 6.07) is 13.3. The van der Waals surface area contributed by atoms with Crippen LogP contribution in [0.3, 0.4) is 0 Å². The predicted octanol–water partition coefficient (Wildman–Crippen LogP) is 6.33. The quantitative estimate of drug-likeness (QED) is 0.374. The Morgan fingerprint density at radius 1 is 1.32 bits per heavy atom. The van der Waals surface area contributed by atoms with Crippen LogP contribution in [0.2, 0.25) is 5.02 Å². The molecule has 9 heteroatoms. The molecule has 5 nitrogen and oxygen atoms in total. The standard InChI is InChI=1S/C22H20BrClN4OS2/c1-12(2)21(29)26-16-7-6-14(10-15(16)24)28-20(18-9-13(23)11-31-18)19(27-22(28)30)17-5-3-4-8-25-17/h3-12,19-20H,1-2H3,(H,26,29)(H,27,30)/t19-,20+/m1/s1. The number of anilines is 2. The van der Waals surface area contributed by atoms with E-state index in [0.29, 0.717) is 15.8 Å². The van der Waals surface area contributed by atoms with Crippen molar-refractivity contribution in [3.63, 3.8) is 0 Å². The smallest absolute Gasteiger partial charge is 0.226 e. The number of benzene rings is 1. The van der Waals surface area contributed by atoms with Gasteiger partial charge in [-0.3, -0.25) is 9.78 Å². The minimum atomic E-state index is -0.133. The maximum atomic E-state index is 12.1. The molecule has 0 unspecified atom stereocenters. The van der Waals surface area contributed by atoms with Gasteiger partial charge in [0.25, 0.3) is 0 Å². The summed E-state index contributed by atoms with van der Waals surface area (Å²) in [5.41, 5.74) is 2.34. The molecule has 2 aromatic heterocycles. The Bertz CT molecular complexity index is 1120. The molecule has 3 heterocycles. The summed E-state index contributed by atoms with van der Waals surface area (Å²) in [5.74, 6) is -0.212. The second-order valence-corrected chi connectivity index (χ2v) is 10.1. The van der Waals surface area contributed by atoms with Crippen molar-refractivity contribution in [2.24, 2.45) is 5.92 Å². The van der Waals surface area contributed by atoms with Crippen LogP contribution in [-0.2, 0) is 4.79 Å². The molecule has 3 aromatic rings. The predicted molar refractivity (Wildman–Crippen MR) is 135 cm³/mol. The number of thiocarbonyl (C=S) groups is 1. The molecule has 0 bridgehead atoms. The van der Waals surface area contributed by atoms with Crippen LogP contribution >= 0.6 is 51.1 Å². The minimum absolute atomic E-state index is 0.0791. The summed E-state index contributed by atoms with van der Waals surface area (Å²) in [5, 5.41) is 9.41. The highest BCUT2D eigenvalue weighted by molar-refractivity contribution is 9.10. The minimum Gasteiger partial charge on any atom is -0.351 e. The topological polar surface area (TPSA) is 57.3 Å². The number of nitrogens with zero attached hydrogens (tertiary/aromatic N) is 2. The summed E-state index contributed by atoms with van der Waals surface area (Å²) in [6.45, 7) is 3.68. The molecule has 160 valence electrons. The molecule has 0 spiro atoms. The van der Waals surface area contributed by atoms with Crippen molar-refractivity contribution in [2.45, 2.75) is 25.9 Å². The van der Waals surface area contributed by atoms with Crippen LogP contribution in [0.15, 0.2) is 58.5 Å². The van der Waals surface area contributed by atoms with Gasteiger partial charge in [0.1, 0.15) is 0 Å². The molecule has 31 heavy (non-hydrogen) atoms. The molecule has 0 aliphatic carbocycles. The fourth-order valence-electron chi connectivity index (χ4n) is 3.44. The van der Waals surface area contributed by atoms with Gasteiger partial charge in [-0.2, -0.15) is 0 Å². The molecule has 2 N–H and O–H groups in total. The summed E-state index contributed by atoms with van der Waals surface area (Å²) in [4.78, 5) is 19.8. The first-order valence-corrected chi connectivity index (χ1v) is 12.2. The average Bonchev–Trinajstić information content (AvgIpc) is 3.32. The van der Waals surface area contributed by atoms with Crippen LogP contribution in [0.4, 0.5) is 11.4 Å². The van der Waals surface area contributed by atoms with Gasteiger partial charge in [-0.15, -0.1) is 11.3 Å². The lowest BCUT2D eigenvalue weighted by Gasteiger charge is -2.27. The summed E-state index contributed by atoms with van der Waals surface area (Å²) in [6.07, 6.45) is 1.78. The van der Waals surface area contributed by atoms with E-state index < -0.39 is 0 Å². The molecule has 0 radical (unpaired) electrons. The number of aromatic nitrogens is 1. The van der Waals surface area contributed by atoms with Crippen molar-refractivity contribution in [1.82, 2.24) is 10.3 Å². The molecule has 1 fully saturated rings. The zero-order valence-electron chi connectivity index (χ0n) is 16.8. The van der Waals surface area contributed by atoms with E-state index in [1.165, 1.54) is 0 Å². The molecular weight excluding hydrogens is 516 g/mol. The molecule has 0 saturated carbocycles. The second kappa shape index (κ2) is 9.24. The first-order valence-electron chi connectivity index (χ1n) is 9.70. The van der Waals surface area contributed by atoms with Crippen molar-refractivity contribution < 1.29 is 4.79 Å². The van der Waals surface area contributed by atoms with Gasteiger partial charge >= 0.3 is 0 Å². The van der Waals surface area contributed by atoms with Crippen LogP contribution in [0.1, 0.15) is 36.5 Å². The Labute approximate surface area is 204 Å².